The normalized spacial score (nSPS) is 14.0. The van der Waals surface area contributed by atoms with Crippen molar-refractivity contribution in [1.29, 1.82) is 0 Å². The smallest absolute Gasteiger partial charge is 0.379 e. The van der Waals surface area contributed by atoms with E-state index in [2.05, 4.69) is 19.1 Å². The Balaban J connectivity index is 3.26. The van der Waals surface area contributed by atoms with Gasteiger partial charge in [-0.05, 0) is 32.1 Å². The van der Waals surface area contributed by atoms with E-state index in [4.69, 9.17) is 13.8 Å². The molecule has 0 bridgehead atoms. The van der Waals surface area contributed by atoms with E-state index in [1.54, 1.807) is 0 Å². The van der Waals surface area contributed by atoms with E-state index in [9.17, 15) is 9.46 Å². The van der Waals surface area contributed by atoms with E-state index in [0.29, 0.717) is 24.2 Å². The summed E-state index contributed by atoms with van der Waals surface area (Å²) < 4.78 is 27.9. The molecule has 0 radical (unpaired) electrons. The van der Waals surface area contributed by atoms with Crippen LogP contribution in [0.4, 0.5) is 0 Å². The third-order valence-corrected chi connectivity index (χ3v) is 7.32. The number of ether oxygens (including phenoxy) is 1. The summed E-state index contributed by atoms with van der Waals surface area (Å²) in [4.78, 5) is 9.63. The highest BCUT2D eigenvalue weighted by molar-refractivity contribution is 7.47. The zero-order valence-corrected chi connectivity index (χ0v) is 25.3. The van der Waals surface area contributed by atoms with Gasteiger partial charge in [-0.3, -0.25) is 9.05 Å². The molecule has 0 heterocycles. The predicted molar refractivity (Wildman–Crippen MR) is 153 cm³/mol. The Morgan fingerprint density at radius 3 is 1.56 bits per heavy atom. The molecule has 0 rings (SSSR count). The van der Waals surface area contributed by atoms with Gasteiger partial charge in [0.05, 0.1) is 34.4 Å². The van der Waals surface area contributed by atoms with Crippen LogP contribution in [0.1, 0.15) is 122 Å². The highest BCUT2D eigenvalue weighted by atomic mass is 31.2. The summed E-state index contributed by atoms with van der Waals surface area (Å²) in [5, 5.41) is 0. The van der Waals surface area contributed by atoms with Crippen molar-refractivity contribution < 1.29 is 27.7 Å². The largest absolute Gasteiger partial charge is 0.472 e. The molecule has 0 aromatic carbocycles. The van der Waals surface area contributed by atoms with Crippen LogP contribution in [-0.2, 0) is 18.3 Å². The SMILES string of the molecule is CCCCCCCC/C=C\CCCCCCCCCCCCOCCOP(=O)(O)OCC[N+](C)(C)C. The van der Waals surface area contributed by atoms with E-state index >= 15 is 0 Å². The van der Waals surface area contributed by atoms with Crippen molar-refractivity contribution in [3.05, 3.63) is 12.2 Å². The van der Waals surface area contributed by atoms with Gasteiger partial charge in [0.1, 0.15) is 13.2 Å². The maximum atomic E-state index is 11.8. The third kappa shape index (κ3) is 30.0. The Bertz CT molecular complexity index is 536. The van der Waals surface area contributed by atoms with Crippen molar-refractivity contribution in [1.82, 2.24) is 0 Å². The first-order chi connectivity index (χ1) is 17.3. The zero-order valence-electron chi connectivity index (χ0n) is 24.4. The fourth-order valence-electron chi connectivity index (χ4n) is 3.94. The molecule has 6 nitrogen and oxygen atoms in total. The molecule has 216 valence electrons. The van der Waals surface area contributed by atoms with E-state index in [0.717, 1.165) is 6.42 Å². The Kier molecular flexibility index (Phi) is 24.9. The second kappa shape index (κ2) is 25.1. The highest BCUT2D eigenvalue weighted by Crippen LogP contribution is 2.42. The molecule has 0 aliphatic rings. The van der Waals surface area contributed by atoms with Gasteiger partial charge in [-0.15, -0.1) is 0 Å². The lowest BCUT2D eigenvalue weighted by atomic mass is 10.1. The molecular formula is C29H61NO5P+. The van der Waals surface area contributed by atoms with Crippen LogP contribution in [0.25, 0.3) is 0 Å². The Morgan fingerprint density at radius 2 is 1.06 bits per heavy atom. The van der Waals surface area contributed by atoms with Crippen LogP contribution < -0.4 is 0 Å². The third-order valence-electron chi connectivity index (χ3n) is 6.30. The molecule has 0 aliphatic heterocycles. The molecule has 7 heteroatoms. The fourth-order valence-corrected chi connectivity index (χ4v) is 4.63. The number of rotatable bonds is 28. The first-order valence-corrected chi connectivity index (χ1v) is 16.4. The standard InChI is InChI=1S/C29H60NO5P/c1-5-6-7-8-9-10-11-12-13-14-15-16-17-18-19-20-21-22-23-24-26-33-28-29-35-36(31,32)34-27-25-30(2,3)4/h12-13H,5-11,14-29H2,1-4H3/p+1/b13-12-. The summed E-state index contributed by atoms with van der Waals surface area (Å²) >= 11 is 0. The zero-order chi connectivity index (χ0) is 26.8. The van der Waals surface area contributed by atoms with Gasteiger partial charge < -0.3 is 14.1 Å². The minimum atomic E-state index is -3.97. The van der Waals surface area contributed by atoms with Gasteiger partial charge in [-0.1, -0.05) is 103 Å². The minimum absolute atomic E-state index is 0.0770. The predicted octanol–water partition coefficient (Wildman–Crippen LogP) is 8.44. The van der Waals surface area contributed by atoms with Crippen LogP contribution >= 0.6 is 7.82 Å². The molecule has 36 heavy (non-hydrogen) atoms. The molecular weight excluding hydrogens is 473 g/mol. The number of allylic oxidation sites excluding steroid dienone is 2. The minimum Gasteiger partial charge on any atom is -0.379 e. The number of nitrogens with zero attached hydrogens (tertiary/aromatic N) is 1. The molecule has 0 aromatic heterocycles. The van der Waals surface area contributed by atoms with Gasteiger partial charge in [0.15, 0.2) is 0 Å². The van der Waals surface area contributed by atoms with Crippen molar-refractivity contribution in [2.75, 3.05) is 54.1 Å². The summed E-state index contributed by atoms with van der Waals surface area (Å²) in [6.07, 6.45) is 28.6. The number of hydrogen-bond donors (Lipinski definition) is 1. The molecule has 0 saturated carbocycles. The number of hydrogen-bond acceptors (Lipinski definition) is 4. The molecule has 0 aliphatic carbocycles. The molecule has 1 N–H and O–H groups in total. The number of quaternary nitrogens is 1. The Morgan fingerprint density at radius 1 is 0.611 bits per heavy atom. The highest BCUT2D eigenvalue weighted by Gasteiger charge is 2.22. The quantitative estimate of drug-likeness (QED) is 0.0472. The number of phosphoric acid groups is 1. The summed E-state index contributed by atoms with van der Waals surface area (Å²) in [5.41, 5.74) is 0. The van der Waals surface area contributed by atoms with Gasteiger partial charge in [-0.25, -0.2) is 4.57 Å². The average Bonchev–Trinajstić information content (AvgIpc) is 2.80. The van der Waals surface area contributed by atoms with Crippen molar-refractivity contribution in [3.8, 4) is 0 Å². The van der Waals surface area contributed by atoms with Crippen LogP contribution in [0.3, 0.4) is 0 Å². The van der Waals surface area contributed by atoms with E-state index < -0.39 is 7.82 Å². The van der Waals surface area contributed by atoms with Crippen LogP contribution in [0.15, 0.2) is 12.2 Å². The summed E-state index contributed by atoms with van der Waals surface area (Å²) in [7, 11) is 2.03. The summed E-state index contributed by atoms with van der Waals surface area (Å²) in [6.45, 7) is 4.18. The lowest BCUT2D eigenvalue weighted by Crippen LogP contribution is -2.37. The number of unbranched alkanes of at least 4 members (excludes halogenated alkanes) is 16. The van der Waals surface area contributed by atoms with Crippen LogP contribution in [0.5, 0.6) is 0 Å². The fraction of sp³-hybridized carbons (Fsp3) is 0.931. The maximum Gasteiger partial charge on any atom is 0.472 e. The molecule has 1 atom stereocenters. The van der Waals surface area contributed by atoms with Crippen LogP contribution in [0, 0.1) is 0 Å². The van der Waals surface area contributed by atoms with Gasteiger partial charge in [0.2, 0.25) is 0 Å². The van der Waals surface area contributed by atoms with Gasteiger partial charge >= 0.3 is 7.82 Å². The molecule has 0 amide bonds. The van der Waals surface area contributed by atoms with E-state index in [-0.39, 0.29) is 13.2 Å². The first-order valence-electron chi connectivity index (χ1n) is 14.9. The van der Waals surface area contributed by atoms with Crippen molar-refractivity contribution in [2.45, 2.75) is 122 Å². The molecule has 0 saturated heterocycles. The monoisotopic (exact) mass is 534 g/mol. The van der Waals surface area contributed by atoms with Crippen molar-refractivity contribution in [2.24, 2.45) is 0 Å². The lowest BCUT2D eigenvalue weighted by Gasteiger charge is -2.24. The van der Waals surface area contributed by atoms with Crippen molar-refractivity contribution in [3.63, 3.8) is 0 Å². The van der Waals surface area contributed by atoms with Crippen LogP contribution in [-0.4, -0.2) is 63.5 Å². The van der Waals surface area contributed by atoms with E-state index in [1.807, 2.05) is 21.1 Å². The molecule has 0 spiro atoms. The topological polar surface area (TPSA) is 65.0 Å². The van der Waals surface area contributed by atoms with Gasteiger partial charge in [-0.2, -0.15) is 0 Å². The van der Waals surface area contributed by atoms with E-state index in [1.165, 1.54) is 109 Å². The molecule has 0 fully saturated rings. The maximum absolute atomic E-state index is 11.8. The number of likely N-dealkylation sites (N-methyl/N-ethyl adjacent to an activating group) is 1. The Labute approximate surface area is 224 Å². The lowest BCUT2D eigenvalue weighted by molar-refractivity contribution is -0.870. The average molecular weight is 535 g/mol. The number of phosphoric ester groups is 1. The Hall–Kier alpha value is -0.230. The second-order valence-corrected chi connectivity index (χ2v) is 12.6. The van der Waals surface area contributed by atoms with Gasteiger partial charge in [0.25, 0.3) is 0 Å². The molecule has 1 unspecified atom stereocenters. The summed E-state index contributed by atoms with van der Waals surface area (Å²) in [5.74, 6) is 0. The van der Waals surface area contributed by atoms with Crippen LogP contribution in [0.2, 0.25) is 0 Å². The summed E-state index contributed by atoms with van der Waals surface area (Å²) in [6, 6.07) is 0. The van der Waals surface area contributed by atoms with Crippen molar-refractivity contribution >= 4 is 7.82 Å². The first kappa shape index (κ1) is 35.8. The van der Waals surface area contributed by atoms with Gasteiger partial charge in [0, 0.05) is 6.61 Å². The molecule has 0 aromatic rings. The second-order valence-electron chi connectivity index (χ2n) is 11.1.